The number of para-hydroxylation sites is 1. The van der Waals surface area contributed by atoms with Crippen LogP contribution in [0.5, 0.6) is 0 Å². The number of aryl methyl sites for hydroxylation is 1. The molecule has 1 aromatic heterocycles. The van der Waals surface area contributed by atoms with Crippen molar-refractivity contribution in [1.82, 2.24) is 10.3 Å². The quantitative estimate of drug-likeness (QED) is 0.865. The first-order valence-corrected chi connectivity index (χ1v) is 6.23. The average molecular weight is 259 g/mol. The Balaban J connectivity index is 2.03. The van der Waals surface area contributed by atoms with Crippen molar-refractivity contribution < 1.29 is 9.21 Å². The van der Waals surface area contributed by atoms with Crippen LogP contribution in [-0.2, 0) is 6.54 Å². The van der Waals surface area contributed by atoms with Gasteiger partial charge in [-0.1, -0.05) is 12.1 Å². The molecule has 0 bridgehead atoms. The zero-order valence-corrected chi connectivity index (χ0v) is 11.1. The number of carbonyl (C=O) groups excluding carboxylic acids is 1. The van der Waals surface area contributed by atoms with Gasteiger partial charge in [-0.25, -0.2) is 4.98 Å². The molecule has 1 aromatic carbocycles. The molecule has 0 aliphatic rings. The van der Waals surface area contributed by atoms with Crippen LogP contribution in [0.2, 0.25) is 0 Å². The predicted octanol–water partition coefficient (Wildman–Crippen LogP) is 2.34. The summed E-state index contributed by atoms with van der Waals surface area (Å²) in [6.45, 7) is 4.86. The van der Waals surface area contributed by atoms with E-state index in [0.717, 1.165) is 18.0 Å². The van der Waals surface area contributed by atoms with E-state index < -0.39 is 0 Å². The minimum atomic E-state index is -0.146. The molecule has 1 amide bonds. The number of hydrogen-bond donors (Lipinski definition) is 2. The number of carbonyl (C=O) groups is 1. The highest BCUT2D eigenvalue weighted by Crippen LogP contribution is 2.14. The SMILES string of the molecule is CCNc1ccccc1C(=O)NCc1ncc(C)o1. The van der Waals surface area contributed by atoms with Crippen LogP contribution in [0, 0.1) is 6.92 Å². The number of anilines is 1. The van der Waals surface area contributed by atoms with Gasteiger partial charge in [-0.3, -0.25) is 4.79 Å². The standard InChI is InChI=1S/C14H17N3O2/c1-3-15-12-7-5-4-6-11(12)14(18)17-9-13-16-8-10(2)19-13/h4-8,15H,3,9H2,1-2H3,(H,17,18). The fourth-order valence-corrected chi connectivity index (χ4v) is 1.76. The van der Waals surface area contributed by atoms with Gasteiger partial charge < -0.3 is 15.1 Å². The summed E-state index contributed by atoms with van der Waals surface area (Å²) in [4.78, 5) is 16.1. The van der Waals surface area contributed by atoms with E-state index in [1.807, 2.05) is 32.0 Å². The van der Waals surface area contributed by atoms with Crippen LogP contribution < -0.4 is 10.6 Å². The summed E-state index contributed by atoms with van der Waals surface area (Å²) in [5.41, 5.74) is 1.44. The van der Waals surface area contributed by atoms with Gasteiger partial charge in [-0.05, 0) is 26.0 Å². The van der Waals surface area contributed by atoms with E-state index in [9.17, 15) is 4.79 Å². The van der Waals surface area contributed by atoms with Crippen molar-refractivity contribution in [3.05, 3.63) is 47.7 Å². The number of benzene rings is 1. The van der Waals surface area contributed by atoms with E-state index in [1.165, 1.54) is 0 Å². The number of oxazole rings is 1. The third-order valence-corrected chi connectivity index (χ3v) is 2.61. The summed E-state index contributed by atoms with van der Waals surface area (Å²) in [6.07, 6.45) is 1.63. The first kappa shape index (κ1) is 13.1. The van der Waals surface area contributed by atoms with Crippen molar-refractivity contribution in [3.63, 3.8) is 0 Å². The zero-order chi connectivity index (χ0) is 13.7. The summed E-state index contributed by atoms with van der Waals surface area (Å²) >= 11 is 0. The molecule has 2 rings (SSSR count). The Bertz CT molecular complexity index is 563. The van der Waals surface area contributed by atoms with Crippen LogP contribution in [0.4, 0.5) is 5.69 Å². The van der Waals surface area contributed by atoms with Gasteiger partial charge in [0, 0.05) is 12.2 Å². The molecule has 5 heteroatoms. The molecule has 0 spiro atoms. The Hall–Kier alpha value is -2.30. The normalized spacial score (nSPS) is 10.2. The summed E-state index contributed by atoms with van der Waals surface area (Å²) in [6, 6.07) is 7.40. The molecule has 0 fully saturated rings. The Morgan fingerprint density at radius 2 is 2.16 bits per heavy atom. The Labute approximate surface area is 112 Å². The molecule has 2 aromatic rings. The maximum Gasteiger partial charge on any atom is 0.253 e. The summed E-state index contributed by atoms with van der Waals surface area (Å²) in [5, 5.41) is 5.95. The van der Waals surface area contributed by atoms with Crippen molar-refractivity contribution in [2.45, 2.75) is 20.4 Å². The van der Waals surface area contributed by atoms with Crippen LogP contribution >= 0.6 is 0 Å². The zero-order valence-electron chi connectivity index (χ0n) is 11.1. The average Bonchev–Trinajstić information content (AvgIpc) is 2.83. The van der Waals surface area contributed by atoms with Crippen molar-refractivity contribution >= 4 is 11.6 Å². The molecule has 5 nitrogen and oxygen atoms in total. The monoisotopic (exact) mass is 259 g/mol. The van der Waals surface area contributed by atoms with Crippen LogP contribution in [0.3, 0.4) is 0 Å². The molecule has 0 saturated heterocycles. The van der Waals surface area contributed by atoms with E-state index in [2.05, 4.69) is 15.6 Å². The lowest BCUT2D eigenvalue weighted by Gasteiger charge is -2.10. The van der Waals surface area contributed by atoms with Gasteiger partial charge in [0.2, 0.25) is 5.89 Å². The fraction of sp³-hybridized carbons (Fsp3) is 0.286. The Morgan fingerprint density at radius 3 is 2.84 bits per heavy atom. The highest BCUT2D eigenvalue weighted by atomic mass is 16.4. The van der Waals surface area contributed by atoms with Crippen LogP contribution in [0.1, 0.15) is 28.9 Å². The van der Waals surface area contributed by atoms with Gasteiger partial charge in [0.15, 0.2) is 0 Å². The van der Waals surface area contributed by atoms with Crippen LogP contribution in [0.25, 0.3) is 0 Å². The van der Waals surface area contributed by atoms with Gasteiger partial charge in [-0.2, -0.15) is 0 Å². The molecular weight excluding hydrogens is 242 g/mol. The lowest BCUT2D eigenvalue weighted by Crippen LogP contribution is -2.24. The van der Waals surface area contributed by atoms with Crippen LogP contribution in [0.15, 0.2) is 34.9 Å². The smallest absolute Gasteiger partial charge is 0.253 e. The second kappa shape index (κ2) is 6.04. The lowest BCUT2D eigenvalue weighted by atomic mass is 10.1. The van der Waals surface area contributed by atoms with Gasteiger partial charge >= 0.3 is 0 Å². The van der Waals surface area contributed by atoms with Crippen molar-refractivity contribution in [3.8, 4) is 0 Å². The van der Waals surface area contributed by atoms with E-state index in [-0.39, 0.29) is 12.5 Å². The van der Waals surface area contributed by atoms with Crippen molar-refractivity contribution in [2.75, 3.05) is 11.9 Å². The second-order valence-corrected chi connectivity index (χ2v) is 4.12. The molecule has 19 heavy (non-hydrogen) atoms. The Kier molecular flexibility index (Phi) is 4.18. The largest absolute Gasteiger partial charge is 0.444 e. The molecule has 100 valence electrons. The summed E-state index contributed by atoms with van der Waals surface area (Å²) < 4.78 is 5.31. The minimum Gasteiger partial charge on any atom is -0.444 e. The summed E-state index contributed by atoms with van der Waals surface area (Å²) in [7, 11) is 0. The van der Waals surface area contributed by atoms with E-state index in [1.54, 1.807) is 12.3 Å². The minimum absolute atomic E-state index is 0.146. The molecule has 0 saturated carbocycles. The van der Waals surface area contributed by atoms with Gasteiger partial charge in [-0.15, -0.1) is 0 Å². The van der Waals surface area contributed by atoms with Gasteiger partial charge in [0.1, 0.15) is 5.76 Å². The van der Waals surface area contributed by atoms with Crippen molar-refractivity contribution in [1.29, 1.82) is 0 Å². The second-order valence-electron chi connectivity index (χ2n) is 4.12. The molecule has 0 aliphatic heterocycles. The Morgan fingerprint density at radius 1 is 1.37 bits per heavy atom. The fourth-order valence-electron chi connectivity index (χ4n) is 1.76. The van der Waals surface area contributed by atoms with Gasteiger partial charge in [0.05, 0.1) is 18.3 Å². The lowest BCUT2D eigenvalue weighted by molar-refractivity contribution is 0.0948. The predicted molar refractivity (Wildman–Crippen MR) is 73.0 cm³/mol. The van der Waals surface area contributed by atoms with E-state index >= 15 is 0 Å². The van der Waals surface area contributed by atoms with E-state index in [4.69, 9.17) is 4.42 Å². The number of nitrogens with zero attached hydrogens (tertiary/aromatic N) is 1. The highest BCUT2D eigenvalue weighted by molar-refractivity contribution is 5.99. The number of hydrogen-bond acceptors (Lipinski definition) is 4. The van der Waals surface area contributed by atoms with E-state index in [0.29, 0.717) is 11.5 Å². The molecule has 0 atom stereocenters. The third kappa shape index (κ3) is 3.34. The maximum absolute atomic E-state index is 12.1. The number of amides is 1. The third-order valence-electron chi connectivity index (χ3n) is 2.61. The molecule has 0 radical (unpaired) electrons. The molecule has 0 aliphatic carbocycles. The maximum atomic E-state index is 12.1. The number of nitrogens with one attached hydrogen (secondary N) is 2. The molecule has 1 heterocycles. The van der Waals surface area contributed by atoms with Crippen molar-refractivity contribution in [2.24, 2.45) is 0 Å². The highest BCUT2D eigenvalue weighted by Gasteiger charge is 2.11. The number of aromatic nitrogens is 1. The molecule has 2 N–H and O–H groups in total. The molecule has 0 unspecified atom stereocenters. The van der Waals surface area contributed by atoms with Gasteiger partial charge in [0.25, 0.3) is 5.91 Å². The first-order valence-electron chi connectivity index (χ1n) is 6.23. The number of rotatable bonds is 5. The van der Waals surface area contributed by atoms with Crippen LogP contribution in [-0.4, -0.2) is 17.4 Å². The molecular formula is C14H17N3O2. The first-order chi connectivity index (χ1) is 9.20. The topological polar surface area (TPSA) is 67.2 Å². The summed E-state index contributed by atoms with van der Waals surface area (Å²) in [5.74, 6) is 1.09.